The first kappa shape index (κ1) is 13.8. The van der Waals surface area contributed by atoms with Gasteiger partial charge >= 0.3 is 0 Å². The minimum Gasteiger partial charge on any atom is -0.503 e. The molecule has 0 atom stereocenters. The average molecular weight is 305 g/mol. The Morgan fingerprint density at radius 3 is 2.88 bits per heavy atom. The molecule has 0 saturated carbocycles. The highest BCUT2D eigenvalue weighted by atomic mass is 79.9. The molecule has 0 aromatic heterocycles. The number of benzene rings is 1. The van der Waals surface area contributed by atoms with Crippen LogP contribution in [0, 0.1) is 0 Å². The van der Waals surface area contributed by atoms with E-state index in [-0.39, 0.29) is 12.4 Å². The van der Waals surface area contributed by atoms with Gasteiger partial charge in [0.1, 0.15) is 6.61 Å². The van der Waals surface area contributed by atoms with E-state index in [1.54, 1.807) is 12.1 Å². The molecule has 1 rings (SSSR count). The first-order valence-electron chi connectivity index (χ1n) is 4.73. The van der Waals surface area contributed by atoms with Gasteiger partial charge in [0, 0.05) is 6.54 Å². The van der Waals surface area contributed by atoms with Crippen LogP contribution in [-0.2, 0) is 16.2 Å². The number of hydrogen-bond acceptors (Lipinski definition) is 5. The number of nitrogens with one attached hydrogen (secondary N) is 1. The van der Waals surface area contributed by atoms with Crippen molar-refractivity contribution in [2.75, 3.05) is 13.7 Å². The second kappa shape index (κ2) is 6.43. The molecule has 1 aromatic carbocycles. The zero-order valence-electron chi connectivity index (χ0n) is 9.20. The maximum absolute atomic E-state index is 10.4. The number of hydroxylamine groups is 1. The van der Waals surface area contributed by atoms with E-state index in [1.807, 2.05) is 0 Å². The van der Waals surface area contributed by atoms with Crippen molar-refractivity contribution in [3.05, 3.63) is 22.2 Å². The third-order valence-electron chi connectivity index (χ3n) is 1.90. The number of phenols is 1. The third kappa shape index (κ3) is 4.22. The standard InChI is InChI=1S/C10H13BrN2O4/c1-16-8-3-6(2-7(11)10(8)15)4-13-17-5-9(12)14/h2-3,13,15H,4-5H2,1H3,(H2,12,14). The Morgan fingerprint density at radius 2 is 2.29 bits per heavy atom. The predicted octanol–water partition coefficient (Wildman–Crippen LogP) is 0.670. The Morgan fingerprint density at radius 1 is 1.59 bits per heavy atom. The summed E-state index contributed by atoms with van der Waals surface area (Å²) < 4.78 is 5.51. The highest BCUT2D eigenvalue weighted by molar-refractivity contribution is 9.10. The molecule has 0 aliphatic heterocycles. The van der Waals surface area contributed by atoms with Gasteiger partial charge in [-0.1, -0.05) is 0 Å². The number of nitrogens with two attached hydrogens (primary N) is 1. The molecular formula is C10H13BrN2O4. The molecule has 0 unspecified atom stereocenters. The fraction of sp³-hybridized carbons (Fsp3) is 0.300. The van der Waals surface area contributed by atoms with E-state index in [9.17, 15) is 9.90 Å². The van der Waals surface area contributed by atoms with Gasteiger partial charge in [-0.2, -0.15) is 5.48 Å². The molecule has 0 radical (unpaired) electrons. The number of primary amides is 1. The summed E-state index contributed by atoms with van der Waals surface area (Å²) in [6.07, 6.45) is 0. The summed E-state index contributed by atoms with van der Waals surface area (Å²) in [5.41, 5.74) is 8.28. The van der Waals surface area contributed by atoms with Crippen molar-refractivity contribution in [3.8, 4) is 11.5 Å². The molecule has 4 N–H and O–H groups in total. The third-order valence-corrected chi connectivity index (χ3v) is 2.51. The van der Waals surface area contributed by atoms with E-state index in [4.69, 9.17) is 15.3 Å². The maximum atomic E-state index is 10.4. The van der Waals surface area contributed by atoms with Crippen molar-refractivity contribution in [2.24, 2.45) is 5.73 Å². The maximum Gasteiger partial charge on any atom is 0.245 e. The molecule has 0 saturated heterocycles. The van der Waals surface area contributed by atoms with Gasteiger partial charge in [-0.15, -0.1) is 0 Å². The lowest BCUT2D eigenvalue weighted by Gasteiger charge is -2.09. The van der Waals surface area contributed by atoms with Gasteiger partial charge in [0.25, 0.3) is 0 Å². The fourth-order valence-electron chi connectivity index (χ4n) is 1.14. The molecule has 7 heteroatoms. The van der Waals surface area contributed by atoms with Crippen LogP contribution >= 0.6 is 15.9 Å². The van der Waals surface area contributed by atoms with Gasteiger partial charge in [0.05, 0.1) is 11.6 Å². The lowest BCUT2D eigenvalue weighted by molar-refractivity contribution is -0.125. The van der Waals surface area contributed by atoms with Crippen molar-refractivity contribution < 1.29 is 19.5 Å². The first-order valence-corrected chi connectivity index (χ1v) is 5.52. The molecule has 17 heavy (non-hydrogen) atoms. The van der Waals surface area contributed by atoms with E-state index in [2.05, 4.69) is 21.4 Å². The van der Waals surface area contributed by atoms with Gasteiger partial charge in [-0.3, -0.25) is 9.63 Å². The number of halogens is 1. The summed E-state index contributed by atoms with van der Waals surface area (Å²) >= 11 is 3.20. The molecule has 6 nitrogen and oxygen atoms in total. The number of methoxy groups -OCH3 is 1. The number of hydrogen-bond donors (Lipinski definition) is 3. The van der Waals surface area contributed by atoms with E-state index < -0.39 is 5.91 Å². The van der Waals surface area contributed by atoms with E-state index >= 15 is 0 Å². The average Bonchev–Trinajstić information content (AvgIpc) is 2.28. The highest BCUT2D eigenvalue weighted by Gasteiger charge is 2.08. The van der Waals surface area contributed by atoms with Crippen LogP contribution in [0.5, 0.6) is 11.5 Å². The van der Waals surface area contributed by atoms with E-state index in [0.29, 0.717) is 16.8 Å². The lowest BCUT2D eigenvalue weighted by atomic mass is 10.2. The Hall–Kier alpha value is -1.31. The zero-order valence-corrected chi connectivity index (χ0v) is 10.8. The second-order valence-electron chi connectivity index (χ2n) is 3.20. The molecule has 94 valence electrons. The summed E-state index contributed by atoms with van der Waals surface area (Å²) in [5, 5.41) is 9.58. The monoisotopic (exact) mass is 304 g/mol. The summed E-state index contributed by atoms with van der Waals surface area (Å²) in [6, 6.07) is 3.36. The van der Waals surface area contributed by atoms with E-state index in [1.165, 1.54) is 7.11 Å². The largest absolute Gasteiger partial charge is 0.503 e. The van der Waals surface area contributed by atoms with Crippen molar-refractivity contribution in [1.29, 1.82) is 0 Å². The van der Waals surface area contributed by atoms with Crippen molar-refractivity contribution >= 4 is 21.8 Å². The van der Waals surface area contributed by atoms with Gasteiger partial charge in [0.2, 0.25) is 5.91 Å². The lowest BCUT2D eigenvalue weighted by Crippen LogP contribution is -2.24. The zero-order chi connectivity index (χ0) is 12.8. The second-order valence-corrected chi connectivity index (χ2v) is 4.06. The normalized spacial score (nSPS) is 10.2. The molecule has 0 heterocycles. The van der Waals surface area contributed by atoms with Crippen molar-refractivity contribution in [2.45, 2.75) is 6.54 Å². The number of amides is 1. The van der Waals surface area contributed by atoms with Crippen LogP contribution in [-0.4, -0.2) is 24.7 Å². The predicted molar refractivity (Wildman–Crippen MR) is 64.3 cm³/mol. The van der Waals surface area contributed by atoms with Crippen molar-refractivity contribution in [3.63, 3.8) is 0 Å². The SMILES string of the molecule is COc1cc(CNOCC(N)=O)cc(Br)c1O. The molecule has 0 bridgehead atoms. The van der Waals surface area contributed by atoms with Crippen LogP contribution in [0.2, 0.25) is 0 Å². The van der Waals surface area contributed by atoms with Gasteiger partial charge < -0.3 is 15.6 Å². The molecular weight excluding hydrogens is 292 g/mol. The number of aromatic hydroxyl groups is 1. The number of rotatable bonds is 6. The minimum atomic E-state index is -0.554. The fourth-order valence-corrected chi connectivity index (χ4v) is 1.63. The Bertz CT molecular complexity index is 412. The number of carbonyl (C=O) groups is 1. The summed E-state index contributed by atoms with van der Waals surface area (Å²) in [4.78, 5) is 15.2. The molecule has 0 fully saturated rings. The molecule has 0 aliphatic rings. The van der Waals surface area contributed by atoms with Crippen LogP contribution in [0.1, 0.15) is 5.56 Å². The molecule has 0 spiro atoms. The van der Waals surface area contributed by atoms with E-state index in [0.717, 1.165) is 5.56 Å². The van der Waals surface area contributed by atoms with Crippen LogP contribution in [0.4, 0.5) is 0 Å². The number of ether oxygens (including phenoxy) is 1. The summed E-state index contributed by atoms with van der Waals surface area (Å²) in [7, 11) is 1.46. The Balaban J connectivity index is 2.59. The van der Waals surface area contributed by atoms with Crippen molar-refractivity contribution in [1.82, 2.24) is 5.48 Å². The van der Waals surface area contributed by atoms with Gasteiger partial charge in [-0.25, -0.2) is 0 Å². The van der Waals surface area contributed by atoms with Gasteiger partial charge in [-0.05, 0) is 33.6 Å². The Kier molecular flexibility index (Phi) is 5.20. The van der Waals surface area contributed by atoms with Crippen LogP contribution in [0.25, 0.3) is 0 Å². The Labute approximate surface area is 107 Å². The number of carbonyl (C=O) groups excluding carboxylic acids is 1. The van der Waals surface area contributed by atoms with Crippen LogP contribution < -0.4 is 16.0 Å². The van der Waals surface area contributed by atoms with Crippen LogP contribution in [0.15, 0.2) is 16.6 Å². The topological polar surface area (TPSA) is 93.8 Å². The van der Waals surface area contributed by atoms with Gasteiger partial charge in [0.15, 0.2) is 11.5 Å². The summed E-state index contributed by atoms with van der Waals surface area (Å²) in [6.45, 7) is 0.152. The highest BCUT2D eigenvalue weighted by Crippen LogP contribution is 2.35. The first-order chi connectivity index (χ1) is 8.04. The smallest absolute Gasteiger partial charge is 0.245 e. The quantitative estimate of drug-likeness (QED) is 0.530. The summed E-state index contributed by atoms with van der Waals surface area (Å²) in [5.74, 6) is -0.164. The number of phenolic OH excluding ortho intramolecular Hbond substituents is 1. The minimum absolute atomic E-state index is 0.0364. The molecule has 1 amide bonds. The molecule has 0 aliphatic carbocycles. The molecule has 1 aromatic rings. The van der Waals surface area contributed by atoms with Crippen LogP contribution in [0.3, 0.4) is 0 Å².